The van der Waals surface area contributed by atoms with Gasteiger partial charge in [0.1, 0.15) is 22.4 Å². The summed E-state index contributed by atoms with van der Waals surface area (Å²) in [6.07, 6.45) is 1.34. The van der Waals surface area contributed by atoms with Crippen molar-refractivity contribution in [1.82, 2.24) is 9.97 Å². The van der Waals surface area contributed by atoms with Gasteiger partial charge in [0.2, 0.25) is 0 Å². The minimum absolute atomic E-state index is 0.359. The number of nitrogens with two attached hydrogens (primary N) is 1. The van der Waals surface area contributed by atoms with E-state index in [1.807, 2.05) is 0 Å². The molecule has 0 radical (unpaired) electrons. The van der Waals surface area contributed by atoms with Crippen LogP contribution in [0.5, 0.6) is 0 Å². The minimum Gasteiger partial charge on any atom is -0.339 e. The van der Waals surface area contributed by atoms with Gasteiger partial charge in [0.25, 0.3) is 0 Å². The number of nitrogens with zero attached hydrogens (tertiary/aromatic N) is 2. The third kappa shape index (κ3) is 2.77. The summed E-state index contributed by atoms with van der Waals surface area (Å²) in [6.45, 7) is 0. The Balaban J connectivity index is 2.31. The fourth-order valence-corrected chi connectivity index (χ4v) is 1.93. The second kappa shape index (κ2) is 5.59. The highest BCUT2D eigenvalue weighted by molar-refractivity contribution is 9.11. The van der Waals surface area contributed by atoms with Crippen molar-refractivity contribution in [3.05, 3.63) is 39.3 Å². The molecule has 2 rings (SSSR count). The zero-order chi connectivity index (χ0) is 13.1. The lowest BCUT2D eigenvalue weighted by atomic mass is 10.3. The number of nitrogen functional groups attached to an aromatic ring is 1. The van der Waals surface area contributed by atoms with Gasteiger partial charge in [-0.2, -0.15) is 0 Å². The lowest BCUT2D eigenvalue weighted by Gasteiger charge is -2.10. The maximum atomic E-state index is 13.4. The van der Waals surface area contributed by atoms with Gasteiger partial charge in [0.15, 0.2) is 5.82 Å². The monoisotopic (exact) mass is 375 g/mol. The van der Waals surface area contributed by atoms with Crippen LogP contribution in [0.4, 0.5) is 21.7 Å². The first-order valence-corrected chi connectivity index (χ1v) is 6.39. The fraction of sp³-hybridized carbons (Fsp3) is 0. The third-order valence-electron chi connectivity index (χ3n) is 2.11. The van der Waals surface area contributed by atoms with Gasteiger partial charge in [-0.1, -0.05) is 0 Å². The Morgan fingerprint density at radius 1 is 1.17 bits per heavy atom. The Labute approximate surface area is 119 Å². The highest BCUT2D eigenvalue weighted by Gasteiger charge is 2.08. The van der Waals surface area contributed by atoms with Gasteiger partial charge in [-0.15, -0.1) is 0 Å². The molecule has 94 valence electrons. The summed E-state index contributed by atoms with van der Waals surface area (Å²) in [5, 5.41) is 2.96. The molecule has 5 nitrogen and oxygen atoms in total. The Morgan fingerprint density at radius 2 is 1.89 bits per heavy atom. The number of hydrogen-bond donors (Lipinski definition) is 3. The van der Waals surface area contributed by atoms with Crippen molar-refractivity contribution >= 4 is 49.2 Å². The van der Waals surface area contributed by atoms with Gasteiger partial charge in [0.05, 0.1) is 4.47 Å². The van der Waals surface area contributed by atoms with Crippen LogP contribution in [-0.4, -0.2) is 9.97 Å². The zero-order valence-electron chi connectivity index (χ0n) is 8.92. The number of hydrogen-bond acceptors (Lipinski definition) is 5. The molecule has 0 unspecified atom stereocenters. The maximum absolute atomic E-state index is 13.4. The molecule has 0 bridgehead atoms. The maximum Gasteiger partial charge on any atom is 0.159 e. The predicted octanol–water partition coefficient (Wildman–Crippen LogP) is 3.17. The first-order valence-electron chi connectivity index (χ1n) is 4.81. The molecule has 0 aliphatic rings. The highest BCUT2D eigenvalue weighted by atomic mass is 79.9. The van der Waals surface area contributed by atoms with Crippen LogP contribution in [0.2, 0.25) is 0 Å². The first-order chi connectivity index (χ1) is 8.61. The summed E-state index contributed by atoms with van der Waals surface area (Å²) >= 11 is 6.39. The lowest BCUT2D eigenvalue weighted by molar-refractivity contribution is 0.622. The van der Waals surface area contributed by atoms with E-state index in [-0.39, 0.29) is 5.82 Å². The highest BCUT2D eigenvalue weighted by Crippen LogP contribution is 2.29. The summed E-state index contributed by atoms with van der Waals surface area (Å²) in [4.78, 5) is 7.95. The Bertz CT molecular complexity index is 578. The molecule has 0 saturated carbocycles. The molecule has 1 aromatic heterocycles. The molecule has 4 N–H and O–H groups in total. The van der Waals surface area contributed by atoms with E-state index in [2.05, 4.69) is 52.6 Å². The third-order valence-corrected chi connectivity index (χ3v) is 3.50. The normalized spacial score (nSPS) is 10.2. The first kappa shape index (κ1) is 13.2. The van der Waals surface area contributed by atoms with E-state index in [1.54, 1.807) is 12.1 Å². The summed E-state index contributed by atoms with van der Waals surface area (Å²) in [7, 11) is 0. The van der Waals surface area contributed by atoms with E-state index in [4.69, 9.17) is 5.84 Å². The molecule has 8 heteroatoms. The molecule has 0 atom stereocenters. The summed E-state index contributed by atoms with van der Waals surface area (Å²) < 4.78 is 14.3. The largest absolute Gasteiger partial charge is 0.339 e. The van der Waals surface area contributed by atoms with Crippen LogP contribution in [0.1, 0.15) is 0 Å². The molecule has 0 amide bonds. The number of rotatable bonds is 3. The average molecular weight is 377 g/mol. The number of anilines is 3. The Morgan fingerprint density at radius 3 is 2.56 bits per heavy atom. The molecule has 1 aromatic carbocycles. The molecule has 0 saturated heterocycles. The van der Waals surface area contributed by atoms with E-state index in [0.717, 1.165) is 0 Å². The van der Waals surface area contributed by atoms with Crippen molar-refractivity contribution in [2.75, 3.05) is 10.7 Å². The number of benzene rings is 1. The molecule has 18 heavy (non-hydrogen) atoms. The Kier molecular flexibility index (Phi) is 4.10. The lowest BCUT2D eigenvalue weighted by Crippen LogP contribution is -2.10. The van der Waals surface area contributed by atoms with E-state index >= 15 is 0 Å². The predicted molar refractivity (Wildman–Crippen MR) is 74.9 cm³/mol. The van der Waals surface area contributed by atoms with Gasteiger partial charge < -0.3 is 10.7 Å². The van der Waals surface area contributed by atoms with E-state index in [9.17, 15) is 4.39 Å². The quantitative estimate of drug-likeness (QED) is 0.566. The van der Waals surface area contributed by atoms with E-state index in [1.165, 1.54) is 12.4 Å². The van der Waals surface area contributed by atoms with Crippen molar-refractivity contribution in [3.8, 4) is 0 Å². The number of nitrogens with one attached hydrogen (secondary N) is 2. The molecule has 0 aliphatic heterocycles. The fourth-order valence-electron chi connectivity index (χ4n) is 1.27. The summed E-state index contributed by atoms with van der Waals surface area (Å²) in [5.74, 6) is 5.85. The molecule has 1 heterocycles. The minimum atomic E-state index is -0.359. The van der Waals surface area contributed by atoms with Crippen molar-refractivity contribution in [2.45, 2.75) is 0 Å². The van der Waals surface area contributed by atoms with Crippen LogP contribution >= 0.6 is 31.9 Å². The number of halogens is 3. The molecule has 2 aromatic rings. The second-order valence-electron chi connectivity index (χ2n) is 3.28. The van der Waals surface area contributed by atoms with Gasteiger partial charge in [-0.05, 0) is 50.1 Å². The molecule has 0 aliphatic carbocycles. The van der Waals surface area contributed by atoms with Crippen LogP contribution in [0.3, 0.4) is 0 Å². The standard InChI is InChI=1S/C10H8Br2FN5/c11-6-2-1-5(3-7(6)13)17-9-8(12)10(18-14)16-4-15-9/h1-4H,14H2,(H2,15,16,17,18). The molecular weight excluding hydrogens is 369 g/mol. The summed E-state index contributed by atoms with van der Waals surface area (Å²) in [6, 6.07) is 4.68. The molecule has 0 fully saturated rings. The van der Waals surface area contributed by atoms with Crippen molar-refractivity contribution in [1.29, 1.82) is 0 Å². The molecular formula is C10H8Br2FN5. The van der Waals surface area contributed by atoms with Gasteiger partial charge >= 0.3 is 0 Å². The smallest absolute Gasteiger partial charge is 0.159 e. The summed E-state index contributed by atoms with van der Waals surface area (Å²) in [5.41, 5.74) is 2.99. The SMILES string of the molecule is NNc1ncnc(Nc2ccc(Br)c(F)c2)c1Br. The van der Waals surface area contributed by atoms with E-state index < -0.39 is 0 Å². The second-order valence-corrected chi connectivity index (χ2v) is 4.93. The van der Waals surface area contributed by atoms with Crippen molar-refractivity contribution in [3.63, 3.8) is 0 Å². The Hall–Kier alpha value is -1.25. The van der Waals surface area contributed by atoms with Crippen LogP contribution in [0.15, 0.2) is 33.5 Å². The van der Waals surface area contributed by atoms with Crippen molar-refractivity contribution < 1.29 is 4.39 Å². The zero-order valence-corrected chi connectivity index (χ0v) is 12.1. The molecule has 0 spiro atoms. The number of hydrazine groups is 1. The van der Waals surface area contributed by atoms with Crippen LogP contribution in [-0.2, 0) is 0 Å². The number of aromatic nitrogens is 2. The van der Waals surface area contributed by atoms with Crippen LogP contribution in [0.25, 0.3) is 0 Å². The van der Waals surface area contributed by atoms with Crippen molar-refractivity contribution in [2.24, 2.45) is 5.84 Å². The van der Waals surface area contributed by atoms with Gasteiger partial charge in [-0.3, -0.25) is 0 Å². The van der Waals surface area contributed by atoms with Crippen LogP contribution in [0, 0.1) is 5.82 Å². The van der Waals surface area contributed by atoms with Gasteiger partial charge in [0, 0.05) is 5.69 Å². The van der Waals surface area contributed by atoms with Crippen LogP contribution < -0.4 is 16.6 Å². The van der Waals surface area contributed by atoms with Gasteiger partial charge in [-0.25, -0.2) is 20.2 Å². The van der Waals surface area contributed by atoms with E-state index in [0.29, 0.717) is 26.3 Å². The average Bonchev–Trinajstić information content (AvgIpc) is 2.36. The topological polar surface area (TPSA) is 75.9 Å².